The summed E-state index contributed by atoms with van der Waals surface area (Å²) in [6.07, 6.45) is 2.53. The van der Waals surface area contributed by atoms with Gasteiger partial charge in [0, 0.05) is 19.8 Å². The highest BCUT2D eigenvalue weighted by molar-refractivity contribution is 14.1. The SMILES string of the molecule is CC[C@@H](C)Cn1c(=O)c(I)cn(C)c1=O. The van der Waals surface area contributed by atoms with Crippen LogP contribution in [-0.4, -0.2) is 9.13 Å². The van der Waals surface area contributed by atoms with Crippen molar-refractivity contribution in [1.82, 2.24) is 9.13 Å². The van der Waals surface area contributed by atoms with Crippen molar-refractivity contribution in [2.24, 2.45) is 13.0 Å². The Morgan fingerprint density at radius 1 is 1.47 bits per heavy atom. The van der Waals surface area contributed by atoms with Crippen molar-refractivity contribution in [3.05, 3.63) is 30.6 Å². The molecule has 0 spiro atoms. The Bertz CT molecular complexity index is 427. The molecule has 0 aliphatic heterocycles. The van der Waals surface area contributed by atoms with Gasteiger partial charge in [0.25, 0.3) is 5.56 Å². The molecule has 4 nitrogen and oxygen atoms in total. The van der Waals surface area contributed by atoms with Crippen molar-refractivity contribution in [3.63, 3.8) is 0 Å². The van der Waals surface area contributed by atoms with Crippen molar-refractivity contribution in [3.8, 4) is 0 Å². The molecule has 0 radical (unpaired) electrons. The summed E-state index contributed by atoms with van der Waals surface area (Å²) in [5, 5.41) is 0. The fourth-order valence-electron chi connectivity index (χ4n) is 1.29. The fraction of sp³-hybridized carbons (Fsp3) is 0.600. The number of aryl methyl sites for hydroxylation is 1. The Labute approximate surface area is 102 Å². The predicted octanol–water partition coefficient (Wildman–Crippen LogP) is 1.20. The van der Waals surface area contributed by atoms with Crippen molar-refractivity contribution >= 4 is 22.6 Å². The first-order chi connectivity index (χ1) is 6.97. The molecule has 0 saturated carbocycles. The summed E-state index contributed by atoms with van der Waals surface area (Å²) in [7, 11) is 1.66. The zero-order valence-corrected chi connectivity index (χ0v) is 11.3. The van der Waals surface area contributed by atoms with E-state index >= 15 is 0 Å². The molecule has 0 unspecified atom stereocenters. The topological polar surface area (TPSA) is 44.0 Å². The third-order valence-corrected chi connectivity index (χ3v) is 3.22. The van der Waals surface area contributed by atoms with Gasteiger partial charge in [-0.2, -0.15) is 0 Å². The lowest BCUT2D eigenvalue weighted by molar-refractivity contribution is 0.436. The molecular weight excluding hydrogens is 307 g/mol. The molecule has 0 amide bonds. The molecular formula is C10H15IN2O2. The first-order valence-electron chi connectivity index (χ1n) is 4.93. The maximum Gasteiger partial charge on any atom is 0.330 e. The Morgan fingerprint density at radius 3 is 2.60 bits per heavy atom. The van der Waals surface area contributed by atoms with Gasteiger partial charge in [-0.25, -0.2) is 4.79 Å². The van der Waals surface area contributed by atoms with Gasteiger partial charge in [0.2, 0.25) is 0 Å². The van der Waals surface area contributed by atoms with Gasteiger partial charge in [-0.1, -0.05) is 20.3 Å². The van der Waals surface area contributed by atoms with Crippen LogP contribution in [0.4, 0.5) is 0 Å². The van der Waals surface area contributed by atoms with Crippen molar-refractivity contribution in [2.45, 2.75) is 26.8 Å². The number of halogens is 1. The molecule has 1 aromatic heterocycles. The summed E-state index contributed by atoms with van der Waals surface area (Å²) in [6.45, 7) is 4.58. The molecule has 0 bridgehead atoms. The van der Waals surface area contributed by atoms with Crippen LogP contribution in [-0.2, 0) is 13.6 Å². The molecule has 0 aromatic carbocycles. The lowest BCUT2D eigenvalue weighted by Crippen LogP contribution is -2.41. The third kappa shape index (κ3) is 2.70. The van der Waals surface area contributed by atoms with E-state index in [2.05, 4.69) is 0 Å². The van der Waals surface area contributed by atoms with Crippen LogP contribution < -0.4 is 11.2 Å². The Kier molecular flexibility index (Phi) is 4.12. The number of hydrogen-bond donors (Lipinski definition) is 0. The first-order valence-corrected chi connectivity index (χ1v) is 6.01. The zero-order valence-electron chi connectivity index (χ0n) is 9.16. The van der Waals surface area contributed by atoms with Crippen LogP contribution in [0.5, 0.6) is 0 Å². The van der Waals surface area contributed by atoms with Crippen molar-refractivity contribution in [1.29, 1.82) is 0 Å². The number of aromatic nitrogens is 2. The van der Waals surface area contributed by atoms with Crippen LogP contribution in [0.2, 0.25) is 0 Å². The van der Waals surface area contributed by atoms with E-state index in [0.717, 1.165) is 6.42 Å². The highest BCUT2D eigenvalue weighted by Gasteiger charge is 2.09. The van der Waals surface area contributed by atoms with Crippen molar-refractivity contribution in [2.75, 3.05) is 0 Å². The third-order valence-electron chi connectivity index (χ3n) is 2.48. The molecule has 0 saturated heterocycles. The van der Waals surface area contributed by atoms with E-state index < -0.39 is 0 Å². The molecule has 1 heterocycles. The molecule has 1 rings (SSSR count). The molecule has 0 aliphatic carbocycles. The molecule has 0 aliphatic rings. The lowest BCUT2D eigenvalue weighted by atomic mass is 10.1. The van der Waals surface area contributed by atoms with Gasteiger partial charge in [-0.3, -0.25) is 9.36 Å². The summed E-state index contributed by atoms with van der Waals surface area (Å²) >= 11 is 1.96. The minimum atomic E-state index is -0.235. The van der Waals surface area contributed by atoms with Crippen LogP contribution >= 0.6 is 22.6 Å². The van der Waals surface area contributed by atoms with Gasteiger partial charge in [0.15, 0.2) is 0 Å². The fourth-order valence-corrected chi connectivity index (χ4v) is 2.00. The predicted molar refractivity (Wildman–Crippen MR) is 68.1 cm³/mol. The van der Waals surface area contributed by atoms with Gasteiger partial charge < -0.3 is 4.57 Å². The number of rotatable bonds is 3. The van der Waals surface area contributed by atoms with Crippen LogP contribution in [0, 0.1) is 9.49 Å². The second kappa shape index (κ2) is 4.96. The summed E-state index contributed by atoms with van der Waals surface area (Å²) < 4.78 is 3.35. The minimum Gasteiger partial charge on any atom is -0.302 e. The van der Waals surface area contributed by atoms with Gasteiger partial charge >= 0.3 is 5.69 Å². The molecule has 0 fully saturated rings. The number of hydrogen-bond acceptors (Lipinski definition) is 2. The standard InChI is InChI=1S/C10H15IN2O2/c1-4-7(2)5-13-9(14)8(11)6-12(3)10(13)15/h6-7H,4-5H2,1-3H3/t7-/m1/s1. The Hall–Kier alpha value is -0.590. The van der Waals surface area contributed by atoms with E-state index in [4.69, 9.17) is 0 Å². The largest absolute Gasteiger partial charge is 0.330 e. The summed E-state index contributed by atoms with van der Waals surface area (Å²) in [6, 6.07) is 0. The van der Waals surface area contributed by atoms with Gasteiger partial charge in [0.1, 0.15) is 0 Å². The van der Waals surface area contributed by atoms with Crippen LogP contribution in [0.1, 0.15) is 20.3 Å². The maximum atomic E-state index is 11.7. The highest BCUT2D eigenvalue weighted by Crippen LogP contribution is 2.02. The monoisotopic (exact) mass is 322 g/mol. The van der Waals surface area contributed by atoms with E-state index in [1.165, 1.54) is 9.13 Å². The first kappa shape index (κ1) is 12.5. The molecule has 5 heteroatoms. The quantitative estimate of drug-likeness (QED) is 0.785. The Balaban J connectivity index is 3.28. The zero-order chi connectivity index (χ0) is 11.6. The summed E-state index contributed by atoms with van der Waals surface area (Å²) in [4.78, 5) is 23.5. The van der Waals surface area contributed by atoms with Gasteiger partial charge in [-0.15, -0.1) is 0 Å². The van der Waals surface area contributed by atoms with Crippen molar-refractivity contribution < 1.29 is 0 Å². The average Bonchev–Trinajstić information content (AvgIpc) is 2.21. The van der Waals surface area contributed by atoms with E-state index in [-0.39, 0.29) is 11.2 Å². The summed E-state index contributed by atoms with van der Waals surface area (Å²) in [5.41, 5.74) is -0.417. The van der Waals surface area contributed by atoms with Gasteiger partial charge in [-0.05, 0) is 28.5 Å². The van der Waals surface area contributed by atoms with Crippen LogP contribution in [0.25, 0.3) is 0 Å². The smallest absolute Gasteiger partial charge is 0.302 e. The molecule has 1 aromatic rings. The molecule has 1 atom stereocenters. The highest BCUT2D eigenvalue weighted by atomic mass is 127. The minimum absolute atomic E-state index is 0.181. The second-order valence-electron chi connectivity index (χ2n) is 3.80. The Morgan fingerprint density at radius 2 is 2.07 bits per heavy atom. The van der Waals surface area contributed by atoms with E-state index in [0.29, 0.717) is 16.0 Å². The van der Waals surface area contributed by atoms with E-state index in [9.17, 15) is 9.59 Å². The molecule has 84 valence electrons. The molecule has 15 heavy (non-hydrogen) atoms. The van der Waals surface area contributed by atoms with Crippen LogP contribution in [0.15, 0.2) is 15.8 Å². The number of nitrogens with zero attached hydrogens (tertiary/aromatic N) is 2. The summed E-state index contributed by atoms with van der Waals surface area (Å²) in [5.74, 6) is 0.341. The van der Waals surface area contributed by atoms with Gasteiger partial charge in [0.05, 0.1) is 3.57 Å². The van der Waals surface area contributed by atoms with Crippen LogP contribution in [0.3, 0.4) is 0 Å². The second-order valence-corrected chi connectivity index (χ2v) is 4.96. The normalized spacial score (nSPS) is 12.8. The maximum absolute atomic E-state index is 11.7. The average molecular weight is 322 g/mol. The van der Waals surface area contributed by atoms with E-state index in [1.807, 2.05) is 36.4 Å². The lowest BCUT2D eigenvalue weighted by Gasteiger charge is -2.11. The van der Waals surface area contributed by atoms with E-state index in [1.54, 1.807) is 13.2 Å². The molecule has 0 N–H and O–H groups in total.